The molecule has 0 aromatic rings. The fraction of sp³-hybridized carbons (Fsp3) is 0.778. The molecule has 0 saturated heterocycles. The first-order valence-electron chi connectivity index (χ1n) is 4.18. The van der Waals surface area contributed by atoms with Crippen LogP contribution in [0.2, 0.25) is 0 Å². The topological polar surface area (TPSA) is 3.24 Å². The van der Waals surface area contributed by atoms with E-state index < -0.39 is 0 Å². The quantitative estimate of drug-likeness (QED) is 0.558. The average molecular weight is 159 g/mol. The Bertz CT molecular complexity index is 102. The molecular formula is C9H18FN. The largest absolute Gasteiger partial charge is 0.299 e. The van der Waals surface area contributed by atoms with Crippen LogP contribution in [0.4, 0.5) is 4.39 Å². The van der Waals surface area contributed by atoms with Crippen molar-refractivity contribution in [2.75, 3.05) is 26.8 Å². The Morgan fingerprint density at radius 1 is 1.36 bits per heavy atom. The SMILES string of the molecule is CCCN1CC=CCC1.CF. The molecule has 0 aromatic heterocycles. The number of nitrogens with zero attached hydrogens (tertiary/aromatic N) is 1. The monoisotopic (exact) mass is 159 g/mol. The van der Waals surface area contributed by atoms with Crippen LogP contribution in [0.25, 0.3) is 0 Å². The standard InChI is InChI=1S/C8H15N.CH3F/c1-2-6-9-7-4-3-5-8-9;1-2/h3-4H,2,5-8H2,1H3;1H3. The molecule has 11 heavy (non-hydrogen) atoms. The summed E-state index contributed by atoms with van der Waals surface area (Å²) in [6.45, 7) is 5.95. The third-order valence-electron chi connectivity index (χ3n) is 1.68. The van der Waals surface area contributed by atoms with E-state index in [4.69, 9.17) is 0 Å². The highest BCUT2D eigenvalue weighted by molar-refractivity contribution is 4.90. The van der Waals surface area contributed by atoms with E-state index in [2.05, 4.69) is 24.0 Å². The molecule has 1 aliphatic heterocycles. The molecule has 0 unspecified atom stereocenters. The minimum atomic E-state index is 0.500. The second kappa shape index (κ2) is 7.73. The van der Waals surface area contributed by atoms with Crippen LogP contribution >= 0.6 is 0 Å². The lowest BCUT2D eigenvalue weighted by atomic mass is 10.2. The first kappa shape index (κ1) is 10.6. The van der Waals surface area contributed by atoms with E-state index in [9.17, 15) is 4.39 Å². The van der Waals surface area contributed by atoms with Crippen molar-refractivity contribution in [1.29, 1.82) is 0 Å². The average Bonchev–Trinajstić information content (AvgIpc) is 2.11. The lowest BCUT2D eigenvalue weighted by molar-refractivity contribution is 0.299. The summed E-state index contributed by atoms with van der Waals surface area (Å²) in [4.78, 5) is 2.49. The third kappa shape index (κ3) is 4.96. The zero-order chi connectivity index (χ0) is 8.53. The molecule has 0 aromatic carbocycles. The molecule has 0 fully saturated rings. The summed E-state index contributed by atoms with van der Waals surface area (Å²) in [5, 5.41) is 0. The summed E-state index contributed by atoms with van der Waals surface area (Å²) in [6.07, 6.45) is 7.07. The molecule has 0 saturated carbocycles. The Morgan fingerprint density at radius 2 is 2.09 bits per heavy atom. The number of hydrogen-bond acceptors (Lipinski definition) is 1. The van der Waals surface area contributed by atoms with Gasteiger partial charge in [-0.1, -0.05) is 19.1 Å². The minimum Gasteiger partial charge on any atom is -0.299 e. The second-order valence-electron chi connectivity index (χ2n) is 2.56. The summed E-state index contributed by atoms with van der Waals surface area (Å²) in [5.74, 6) is 0. The van der Waals surface area contributed by atoms with Gasteiger partial charge in [-0.25, -0.2) is 0 Å². The zero-order valence-electron chi connectivity index (χ0n) is 7.52. The van der Waals surface area contributed by atoms with Gasteiger partial charge in [0.1, 0.15) is 0 Å². The molecule has 1 rings (SSSR count). The number of alkyl halides is 1. The van der Waals surface area contributed by atoms with E-state index in [0.29, 0.717) is 7.18 Å². The number of halogens is 1. The molecule has 2 heteroatoms. The number of hydrogen-bond donors (Lipinski definition) is 0. The Labute approximate surface area is 68.9 Å². The molecule has 66 valence electrons. The van der Waals surface area contributed by atoms with Crippen molar-refractivity contribution < 1.29 is 4.39 Å². The molecule has 1 aliphatic rings. The molecule has 1 heterocycles. The van der Waals surface area contributed by atoms with Crippen molar-refractivity contribution in [3.05, 3.63) is 12.2 Å². The zero-order valence-corrected chi connectivity index (χ0v) is 7.52. The van der Waals surface area contributed by atoms with Crippen LogP contribution < -0.4 is 0 Å². The van der Waals surface area contributed by atoms with Crippen LogP contribution in [0, 0.1) is 0 Å². The van der Waals surface area contributed by atoms with Gasteiger partial charge in [0.2, 0.25) is 0 Å². The summed E-state index contributed by atoms with van der Waals surface area (Å²) >= 11 is 0. The summed E-state index contributed by atoms with van der Waals surface area (Å²) < 4.78 is 9.50. The molecule has 0 radical (unpaired) electrons. The van der Waals surface area contributed by atoms with Gasteiger partial charge in [0, 0.05) is 13.1 Å². The normalized spacial score (nSPS) is 17.4. The fourth-order valence-electron chi connectivity index (χ4n) is 1.21. The van der Waals surface area contributed by atoms with Crippen molar-refractivity contribution in [2.45, 2.75) is 19.8 Å². The number of rotatable bonds is 2. The molecule has 0 atom stereocenters. The Morgan fingerprint density at radius 3 is 2.55 bits per heavy atom. The fourth-order valence-corrected chi connectivity index (χ4v) is 1.21. The summed E-state index contributed by atoms with van der Waals surface area (Å²) in [6, 6.07) is 0. The maximum absolute atomic E-state index is 9.50. The highest BCUT2D eigenvalue weighted by Gasteiger charge is 2.02. The molecule has 0 spiro atoms. The molecular weight excluding hydrogens is 141 g/mol. The minimum absolute atomic E-state index is 0.500. The van der Waals surface area contributed by atoms with Gasteiger partial charge < -0.3 is 0 Å². The lowest BCUT2D eigenvalue weighted by Gasteiger charge is -2.21. The Balaban J connectivity index is 0.000000461. The van der Waals surface area contributed by atoms with Gasteiger partial charge in [-0.15, -0.1) is 0 Å². The van der Waals surface area contributed by atoms with E-state index in [1.807, 2.05) is 0 Å². The molecule has 0 N–H and O–H groups in total. The maximum Gasteiger partial charge on any atom is 0.0785 e. The highest BCUT2D eigenvalue weighted by Crippen LogP contribution is 2.00. The lowest BCUT2D eigenvalue weighted by Crippen LogP contribution is -2.27. The van der Waals surface area contributed by atoms with Gasteiger partial charge in [0.25, 0.3) is 0 Å². The predicted octanol–water partition coefficient (Wildman–Crippen LogP) is 2.24. The van der Waals surface area contributed by atoms with Gasteiger partial charge in [-0.2, -0.15) is 0 Å². The summed E-state index contributed by atoms with van der Waals surface area (Å²) in [7, 11) is 0.500. The van der Waals surface area contributed by atoms with Gasteiger partial charge in [-0.3, -0.25) is 9.29 Å². The Hall–Kier alpha value is -0.370. The van der Waals surface area contributed by atoms with E-state index in [1.165, 1.54) is 32.5 Å². The van der Waals surface area contributed by atoms with Crippen LogP contribution in [-0.2, 0) is 0 Å². The first-order valence-corrected chi connectivity index (χ1v) is 4.18. The van der Waals surface area contributed by atoms with Crippen LogP contribution in [0.5, 0.6) is 0 Å². The van der Waals surface area contributed by atoms with Crippen molar-refractivity contribution in [3.8, 4) is 0 Å². The van der Waals surface area contributed by atoms with Crippen LogP contribution in [-0.4, -0.2) is 31.7 Å². The van der Waals surface area contributed by atoms with E-state index in [0.717, 1.165) is 0 Å². The molecule has 0 amide bonds. The van der Waals surface area contributed by atoms with Crippen molar-refractivity contribution in [3.63, 3.8) is 0 Å². The van der Waals surface area contributed by atoms with Crippen molar-refractivity contribution in [1.82, 2.24) is 4.90 Å². The third-order valence-corrected chi connectivity index (χ3v) is 1.68. The van der Waals surface area contributed by atoms with Gasteiger partial charge >= 0.3 is 0 Å². The maximum atomic E-state index is 9.50. The second-order valence-corrected chi connectivity index (χ2v) is 2.56. The Kier molecular flexibility index (Phi) is 7.47. The smallest absolute Gasteiger partial charge is 0.0785 e. The van der Waals surface area contributed by atoms with E-state index in [-0.39, 0.29) is 0 Å². The summed E-state index contributed by atoms with van der Waals surface area (Å²) in [5.41, 5.74) is 0. The van der Waals surface area contributed by atoms with Gasteiger partial charge in [0.05, 0.1) is 7.18 Å². The van der Waals surface area contributed by atoms with Crippen molar-refractivity contribution in [2.24, 2.45) is 0 Å². The van der Waals surface area contributed by atoms with Gasteiger partial charge in [-0.05, 0) is 19.4 Å². The molecule has 1 nitrogen and oxygen atoms in total. The first-order chi connectivity index (χ1) is 5.43. The van der Waals surface area contributed by atoms with E-state index >= 15 is 0 Å². The highest BCUT2D eigenvalue weighted by atomic mass is 19.1. The van der Waals surface area contributed by atoms with E-state index in [1.54, 1.807) is 0 Å². The molecule has 0 bridgehead atoms. The molecule has 0 aliphatic carbocycles. The van der Waals surface area contributed by atoms with Gasteiger partial charge in [0.15, 0.2) is 0 Å². The van der Waals surface area contributed by atoms with Crippen LogP contribution in [0.3, 0.4) is 0 Å². The van der Waals surface area contributed by atoms with Crippen LogP contribution in [0.15, 0.2) is 12.2 Å². The predicted molar refractivity (Wildman–Crippen MR) is 47.5 cm³/mol. The van der Waals surface area contributed by atoms with Crippen molar-refractivity contribution >= 4 is 0 Å². The van der Waals surface area contributed by atoms with Crippen LogP contribution in [0.1, 0.15) is 19.8 Å².